The lowest BCUT2D eigenvalue weighted by molar-refractivity contribution is -0.124. The first-order valence-electron chi connectivity index (χ1n) is 8.74. The third-order valence-corrected chi connectivity index (χ3v) is 5.61. The zero-order valence-corrected chi connectivity index (χ0v) is 14.0. The van der Waals surface area contributed by atoms with Gasteiger partial charge in [-0.3, -0.25) is 14.3 Å². The van der Waals surface area contributed by atoms with Crippen molar-refractivity contribution in [2.45, 2.75) is 38.5 Å². The fourth-order valence-electron chi connectivity index (χ4n) is 4.38. The van der Waals surface area contributed by atoms with Gasteiger partial charge in [0.05, 0.1) is 30.6 Å². The van der Waals surface area contributed by atoms with Crippen LogP contribution in [-0.2, 0) is 20.9 Å². The highest BCUT2D eigenvalue weighted by atomic mass is 16.5. The molecule has 4 heterocycles. The molecule has 1 aromatic heterocycles. The highest BCUT2D eigenvalue weighted by Crippen LogP contribution is 2.49. The molecule has 2 bridgehead atoms. The van der Waals surface area contributed by atoms with Crippen LogP contribution >= 0.6 is 0 Å². The predicted molar refractivity (Wildman–Crippen MR) is 89.9 cm³/mol. The van der Waals surface area contributed by atoms with Crippen molar-refractivity contribution in [3.63, 3.8) is 0 Å². The van der Waals surface area contributed by atoms with E-state index in [1.807, 2.05) is 13.1 Å². The topological polar surface area (TPSA) is 64.4 Å². The third kappa shape index (κ3) is 2.17. The second-order valence-electron chi connectivity index (χ2n) is 7.21. The molecule has 0 N–H and O–H groups in total. The number of anilines is 1. The van der Waals surface area contributed by atoms with E-state index in [0.29, 0.717) is 12.4 Å². The molecular weight excluding hydrogens is 318 g/mol. The summed E-state index contributed by atoms with van der Waals surface area (Å²) in [4.78, 5) is 26.8. The maximum Gasteiger partial charge on any atom is 0.241 e. The molecule has 0 spiro atoms. The number of carbonyl (C=O) groups excluding carboxylic acids is 2. The van der Waals surface area contributed by atoms with Crippen LogP contribution in [0, 0.1) is 18.8 Å². The molecule has 25 heavy (non-hydrogen) atoms. The molecule has 3 aliphatic heterocycles. The van der Waals surface area contributed by atoms with Gasteiger partial charge in [-0.25, -0.2) is 4.90 Å². The van der Waals surface area contributed by atoms with E-state index in [1.54, 1.807) is 10.7 Å². The monoisotopic (exact) mass is 337 g/mol. The Labute approximate surface area is 145 Å². The van der Waals surface area contributed by atoms with Crippen molar-refractivity contribution >= 4 is 17.6 Å². The lowest BCUT2D eigenvalue weighted by atomic mass is 9.81. The van der Waals surface area contributed by atoms with Gasteiger partial charge in [0.1, 0.15) is 0 Å². The lowest BCUT2D eigenvalue weighted by Crippen LogP contribution is -2.34. The number of hydrogen-bond acceptors (Lipinski definition) is 4. The minimum Gasteiger partial charge on any atom is -0.373 e. The molecule has 0 aliphatic carbocycles. The Morgan fingerprint density at radius 3 is 2.32 bits per heavy atom. The van der Waals surface area contributed by atoms with E-state index in [9.17, 15) is 9.59 Å². The zero-order valence-electron chi connectivity index (χ0n) is 14.0. The number of aryl methyl sites for hydroxylation is 1. The fraction of sp³-hybridized carbons (Fsp3) is 0.421. The van der Waals surface area contributed by atoms with Crippen molar-refractivity contribution in [2.75, 3.05) is 4.90 Å². The van der Waals surface area contributed by atoms with Crippen molar-refractivity contribution in [3.05, 3.63) is 47.7 Å². The van der Waals surface area contributed by atoms with Gasteiger partial charge in [-0.05, 0) is 25.3 Å². The Morgan fingerprint density at radius 1 is 1.04 bits per heavy atom. The minimum absolute atomic E-state index is 0.0916. The minimum atomic E-state index is -0.312. The van der Waals surface area contributed by atoms with Crippen LogP contribution in [0.5, 0.6) is 0 Å². The summed E-state index contributed by atoms with van der Waals surface area (Å²) in [5, 5.41) is 4.47. The molecule has 4 atom stereocenters. The number of hydrogen-bond donors (Lipinski definition) is 0. The molecular formula is C19H19N3O3. The van der Waals surface area contributed by atoms with Crippen molar-refractivity contribution in [2.24, 2.45) is 11.8 Å². The molecule has 3 aliphatic rings. The molecule has 0 unspecified atom stereocenters. The van der Waals surface area contributed by atoms with E-state index in [2.05, 4.69) is 29.4 Å². The number of nitrogens with zero attached hydrogens (tertiary/aromatic N) is 3. The van der Waals surface area contributed by atoms with Gasteiger partial charge in [0.2, 0.25) is 11.8 Å². The normalized spacial score (nSPS) is 30.4. The van der Waals surface area contributed by atoms with E-state index in [-0.39, 0.29) is 35.9 Å². The number of imide groups is 1. The fourth-order valence-corrected chi connectivity index (χ4v) is 4.38. The van der Waals surface area contributed by atoms with Crippen LogP contribution in [0.3, 0.4) is 0 Å². The summed E-state index contributed by atoms with van der Waals surface area (Å²) in [7, 11) is 0. The molecule has 0 radical (unpaired) electrons. The summed E-state index contributed by atoms with van der Waals surface area (Å²) >= 11 is 0. The average molecular weight is 337 g/mol. The molecule has 0 saturated carbocycles. The summed E-state index contributed by atoms with van der Waals surface area (Å²) in [6, 6.07) is 9.98. The van der Waals surface area contributed by atoms with Crippen molar-refractivity contribution in [3.8, 4) is 0 Å². The Bertz CT molecular complexity index is 829. The molecule has 5 rings (SSSR count). The summed E-state index contributed by atoms with van der Waals surface area (Å²) in [6.45, 7) is 2.66. The van der Waals surface area contributed by atoms with Crippen LogP contribution in [0.2, 0.25) is 0 Å². The molecule has 3 saturated heterocycles. The number of rotatable bonds is 3. The van der Waals surface area contributed by atoms with Gasteiger partial charge >= 0.3 is 0 Å². The van der Waals surface area contributed by atoms with E-state index in [0.717, 1.165) is 18.4 Å². The Kier molecular flexibility index (Phi) is 3.12. The number of fused-ring (bicyclic) bond motifs is 5. The smallest absolute Gasteiger partial charge is 0.241 e. The van der Waals surface area contributed by atoms with Crippen molar-refractivity contribution in [1.82, 2.24) is 9.78 Å². The van der Waals surface area contributed by atoms with Crippen molar-refractivity contribution < 1.29 is 14.3 Å². The second kappa shape index (κ2) is 5.26. The highest BCUT2D eigenvalue weighted by Gasteiger charge is 2.63. The van der Waals surface area contributed by atoms with Crippen molar-refractivity contribution in [1.29, 1.82) is 0 Å². The van der Waals surface area contributed by atoms with Crippen LogP contribution in [0.1, 0.15) is 24.0 Å². The van der Waals surface area contributed by atoms with Crippen LogP contribution in [-0.4, -0.2) is 33.8 Å². The van der Waals surface area contributed by atoms with Gasteiger partial charge in [0.15, 0.2) is 5.82 Å². The van der Waals surface area contributed by atoms with Gasteiger partial charge in [0, 0.05) is 12.3 Å². The highest BCUT2D eigenvalue weighted by molar-refractivity contribution is 6.22. The molecule has 3 fully saturated rings. The Morgan fingerprint density at radius 2 is 1.68 bits per heavy atom. The van der Waals surface area contributed by atoms with Gasteiger partial charge in [-0.15, -0.1) is 0 Å². The number of benzene rings is 1. The number of aromatic nitrogens is 2. The first kappa shape index (κ1) is 14.8. The Hall–Kier alpha value is -2.47. The van der Waals surface area contributed by atoms with Crippen LogP contribution < -0.4 is 4.90 Å². The largest absolute Gasteiger partial charge is 0.373 e. The van der Waals surface area contributed by atoms with E-state index < -0.39 is 0 Å². The first-order chi connectivity index (χ1) is 12.1. The molecule has 128 valence electrons. The summed E-state index contributed by atoms with van der Waals surface area (Å²) < 4.78 is 7.53. The quantitative estimate of drug-likeness (QED) is 0.803. The van der Waals surface area contributed by atoms with Gasteiger partial charge in [-0.1, -0.05) is 29.8 Å². The summed E-state index contributed by atoms with van der Waals surface area (Å²) in [5.41, 5.74) is 2.34. The Balaban J connectivity index is 1.39. The average Bonchev–Trinajstić information content (AvgIpc) is 3.35. The molecule has 2 amide bonds. The standard InChI is InChI=1S/C19H19N3O3/c1-11-2-4-12(5-3-11)10-21-9-8-15(20-21)22-18(23)16-13-6-7-14(25-13)17(16)19(22)24/h2-5,8-9,13-14,16-17H,6-7,10H2,1H3/t13-,14-,16+,17+/m1/s1. The summed E-state index contributed by atoms with van der Waals surface area (Å²) in [5.74, 6) is -0.497. The first-order valence-corrected chi connectivity index (χ1v) is 8.74. The van der Waals surface area contributed by atoms with Crippen LogP contribution in [0.15, 0.2) is 36.5 Å². The van der Waals surface area contributed by atoms with Gasteiger partial charge < -0.3 is 4.74 Å². The van der Waals surface area contributed by atoms with Crippen LogP contribution in [0.4, 0.5) is 5.82 Å². The van der Waals surface area contributed by atoms with Crippen LogP contribution in [0.25, 0.3) is 0 Å². The maximum atomic E-state index is 12.8. The predicted octanol–water partition coefficient (Wildman–Crippen LogP) is 1.91. The maximum absolute atomic E-state index is 12.8. The third-order valence-electron chi connectivity index (χ3n) is 5.61. The SMILES string of the molecule is Cc1ccc(Cn2ccc(N3C(=O)[C@@H]4[C@@H](C3=O)[C@H]3CC[C@H]4O3)n2)cc1. The lowest BCUT2D eigenvalue weighted by Gasteiger charge is -2.15. The number of ether oxygens (including phenoxy) is 1. The molecule has 6 heteroatoms. The zero-order chi connectivity index (χ0) is 17.1. The van der Waals surface area contributed by atoms with E-state index >= 15 is 0 Å². The number of amides is 2. The number of carbonyl (C=O) groups is 2. The molecule has 6 nitrogen and oxygen atoms in total. The van der Waals surface area contributed by atoms with Gasteiger partial charge in [0.25, 0.3) is 0 Å². The molecule has 1 aromatic carbocycles. The second-order valence-corrected chi connectivity index (χ2v) is 7.21. The molecule has 2 aromatic rings. The van der Waals surface area contributed by atoms with E-state index in [1.165, 1.54) is 10.5 Å². The van der Waals surface area contributed by atoms with E-state index in [4.69, 9.17) is 4.74 Å². The summed E-state index contributed by atoms with van der Waals surface area (Å²) in [6.07, 6.45) is 3.38. The van der Waals surface area contributed by atoms with Gasteiger partial charge in [-0.2, -0.15) is 5.10 Å².